The van der Waals surface area contributed by atoms with Gasteiger partial charge in [-0.05, 0) is 24.3 Å². The summed E-state index contributed by atoms with van der Waals surface area (Å²) in [4.78, 5) is 23.5. The molecule has 0 bridgehead atoms. The number of benzene rings is 1. The number of rotatable bonds is 3. The Morgan fingerprint density at radius 2 is 2.08 bits per heavy atom. The highest BCUT2D eigenvalue weighted by Gasteiger charge is 2.20. The Labute approximate surface area is 144 Å². The van der Waals surface area contributed by atoms with Gasteiger partial charge in [-0.25, -0.2) is 9.97 Å². The molecule has 1 fully saturated rings. The van der Waals surface area contributed by atoms with Gasteiger partial charge < -0.3 is 19.4 Å². The Morgan fingerprint density at radius 3 is 2.92 bits per heavy atom. The van der Waals surface area contributed by atoms with Crippen LogP contribution < -0.4 is 10.2 Å². The lowest BCUT2D eigenvalue weighted by molar-refractivity contribution is 0.102. The molecule has 0 spiro atoms. The van der Waals surface area contributed by atoms with Gasteiger partial charge in [0.25, 0.3) is 5.91 Å². The predicted octanol–water partition coefficient (Wildman–Crippen LogP) is 2.62. The van der Waals surface area contributed by atoms with Gasteiger partial charge in [-0.3, -0.25) is 4.79 Å². The summed E-state index contributed by atoms with van der Waals surface area (Å²) in [6.45, 7) is 4.52. The van der Waals surface area contributed by atoms with E-state index in [0.29, 0.717) is 41.8 Å². The largest absolute Gasteiger partial charge is 0.441 e. The van der Waals surface area contributed by atoms with Crippen molar-refractivity contribution in [3.63, 3.8) is 0 Å². The van der Waals surface area contributed by atoms with E-state index in [-0.39, 0.29) is 5.91 Å². The molecule has 0 unspecified atom stereocenters. The predicted molar refractivity (Wildman–Crippen MR) is 94.0 cm³/mol. The van der Waals surface area contributed by atoms with E-state index in [1.807, 2.05) is 12.1 Å². The minimum Gasteiger partial charge on any atom is -0.441 e. The van der Waals surface area contributed by atoms with Crippen molar-refractivity contribution in [3.05, 3.63) is 48.0 Å². The Morgan fingerprint density at radius 1 is 1.24 bits per heavy atom. The lowest BCUT2D eigenvalue weighted by Crippen LogP contribution is -2.38. The summed E-state index contributed by atoms with van der Waals surface area (Å²) in [6, 6.07) is 8.96. The fourth-order valence-electron chi connectivity index (χ4n) is 2.92. The number of morpholine rings is 1. The summed E-state index contributed by atoms with van der Waals surface area (Å²) in [7, 11) is 0. The molecule has 25 heavy (non-hydrogen) atoms. The zero-order chi connectivity index (χ0) is 17.2. The van der Waals surface area contributed by atoms with Crippen LogP contribution >= 0.6 is 0 Å². The van der Waals surface area contributed by atoms with E-state index in [2.05, 4.69) is 20.2 Å². The average Bonchev–Trinajstić information content (AvgIpc) is 3.02. The molecule has 0 atom stereocenters. The number of nitrogens with zero attached hydrogens (tertiary/aromatic N) is 3. The molecule has 1 aliphatic heterocycles. The maximum Gasteiger partial charge on any atom is 0.259 e. The lowest BCUT2D eigenvalue weighted by Gasteiger charge is -2.29. The van der Waals surface area contributed by atoms with Crippen LogP contribution in [0, 0.1) is 6.92 Å². The van der Waals surface area contributed by atoms with Crippen molar-refractivity contribution in [2.24, 2.45) is 0 Å². The summed E-state index contributed by atoms with van der Waals surface area (Å²) < 4.78 is 10.9. The number of aryl methyl sites for hydroxylation is 1. The second-order valence-electron chi connectivity index (χ2n) is 5.84. The van der Waals surface area contributed by atoms with Crippen LogP contribution in [0.1, 0.15) is 16.2 Å². The molecule has 2 aromatic heterocycles. The van der Waals surface area contributed by atoms with Gasteiger partial charge in [-0.2, -0.15) is 0 Å². The van der Waals surface area contributed by atoms with Crippen LogP contribution in [0.15, 0.2) is 40.9 Å². The van der Waals surface area contributed by atoms with E-state index < -0.39 is 0 Å². The number of ether oxygens (including phenoxy) is 1. The third-order valence-corrected chi connectivity index (χ3v) is 4.10. The zero-order valence-corrected chi connectivity index (χ0v) is 13.9. The van der Waals surface area contributed by atoms with Crippen molar-refractivity contribution >= 4 is 28.5 Å². The molecule has 0 saturated carbocycles. The number of carbonyl (C=O) groups is 1. The smallest absolute Gasteiger partial charge is 0.259 e. The van der Waals surface area contributed by atoms with Gasteiger partial charge in [-0.1, -0.05) is 0 Å². The number of hydrogen-bond donors (Lipinski definition) is 1. The maximum absolute atomic E-state index is 12.8. The Bertz CT molecular complexity index is 916. The first kappa shape index (κ1) is 15.6. The minimum atomic E-state index is -0.204. The van der Waals surface area contributed by atoms with E-state index in [4.69, 9.17) is 9.15 Å². The molecule has 0 aliphatic carbocycles. The Balaban J connectivity index is 1.59. The number of carbonyl (C=O) groups excluding carboxylic acids is 1. The van der Waals surface area contributed by atoms with E-state index >= 15 is 0 Å². The van der Waals surface area contributed by atoms with Crippen LogP contribution in [0.4, 0.5) is 11.5 Å². The van der Waals surface area contributed by atoms with Crippen LogP contribution in [0.25, 0.3) is 11.1 Å². The summed E-state index contributed by atoms with van der Waals surface area (Å²) in [5.74, 6) is 1.07. The van der Waals surface area contributed by atoms with Crippen molar-refractivity contribution < 1.29 is 13.9 Å². The number of anilines is 2. The summed E-state index contributed by atoms with van der Waals surface area (Å²) in [6.07, 6.45) is 1.70. The van der Waals surface area contributed by atoms with E-state index in [1.165, 1.54) is 0 Å². The number of amides is 1. The molecular weight excluding hydrogens is 320 g/mol. The maximum atomic E-state index is 12.8. The molecule has 7 heteroatoms. The van der Waals surface area contributed by atoms with Gasteiger partial charge in [-0.15, -0.1) is 0 Å². The quantitative estimate of drug-likeness (QED) is 0.791. The van der Waals surface area contributed by atoms with Crippen molar-refractivity contribution in [1.82, 2.24) is 9.97 Å². The van der Waals surface area contributed by atoms with Crippen LogP contribution in [0.2, 0.25) is 0 Å². The number of nitrogens with one attached hydrogen (secondary N) is 1. The van der Waals surface area contributed by atoms with Crippen molar-refractivity contribution in [2.45, 2.75) is 6.92 Å². The average molecular weight is 338 g/mol. The molecule has 1 aliphatic rings. The van der Waals surface area contributed by atoms with Gasteiger partial charge >= 0.3 is 0 Å². The van der Waals surface area contributed by atoms with E-state index in [9.17, 15) is 4.79 Å². The molecule has 0 radical (unpaired) electrons. The summed E-state index contributed by atoms with van der Waals surface area (Å²) in [5, 5.41) is 2.91. The normalized spacial score (nSPS) is 14.7. The standard InChI is InChI=1S/C18H18N4O3/c1-12-20-15-5-4-13(11-16(15)25-12)21-18(23)14-3-2-6-19-17(14)22-7-9-24-10-8-22/h2-6,11H,7-10H2,1H3,(H,21,23). The molecule has 1 amide bonds. The van der Waals surface area contributed by atoms with Crippen molar-refractivity contribution in [1.29, 1.82) is 0 Å². The number of fused-ring (bicyclic) bond motifs is 1. The summed E-state index contributed by atoms with van der Waals surface area (Å²) in [5.41, 5.74) is 2.62. The van der Waals surface area contributed by atoms with Crippen molar-refractivity contribution in [3.8, 4) is 0 Å². The van der Waals surface area contributed by atoms with Gasteiger partial charge in [0.15, 0.2) is 11.5 Å². The number of pyridine rings is 1. The molecule has 4 rings (SSSR count). The Kier molecular flexibility index (Phi) is 4.07. The monoisotopic (exact) mass is 338 g/mol. The first-order valence-electron chi connectivity index (χ1n) is 8.17. The molecule has 128 valence electrons. The number of hydrogen-bond acceptors (Lipinski definition) is 6. The van der Waals surface area contributed by atoms with Gasteiger partial charge in [0.2, 0.25) is 0 Å². The minimum absolute atomic E-state index is 0.204. The molecular formula is C18H18N4O3. The summed E-state index contributed by atoms with van der Waals surface area (Å²) >= 11 is 0. The molecule has 1 saturated heterocycles. The van der Waals surface area contributed by atoms with Gasteiger partial charge in [0.1, 0.15) is 11.3 Å². The lowest BCUT2D eigenvalue weighted by atomic mass is 10.2. The van der Waals surface area contributed by atoms with Crippen LogP contribution in [0.3, 0.4) is 0 Å². The molecule has 7 nitrogen and oxygen atoms in total. The molecule has 3 heterocycles. The van der Waals surface area contributed by atoms with E-state index in [1.54, 1.807) is 31.3 Å². The fourth-order valence-corrected chi connectivity index (χ4v) is 2.92. The Hall–Kier alpha value is -2.93. The second kappa shape index (κ2) is 6.52. The number of oxazole rings is 1. The SMILES string of the molecule is Cc1nc2ccc(NC(=O)c3cccnc3N3CCOCC3)cc2o1. The zero-order valence-electron chi connectivity index (χ0n) is 13.9. The fraction of sp³-hybridized carbons (Fsp3) is 0.278. The first-order valence-corrected chi connectivity index (χ1v) is 8.17. The highest BCUT2D eigenvalue weighted by atomic mass is 16.5. The van der Waals surface area contributed by atoms with Crippen LogP contribution in [0.5, 0.6) is 0 Å². The van der Waals surface area contributed by atoms with Crippen molar-refractivity contribution in [2.75, 3.05) is 36.5 Å². The third-order valence-electron chi connectivity index (χ3n) is 4.10. The van der Waals surface area contributed by atoms with Crippen LogP contribution in [-0.4, -0.2) is 42.2 Å². The van der Waals surface area contributed by atoms with Gasteiger partial charge in [0.05, 0.1) is 18.8 Å². The first-order chi connectivity index (χ1) is 12.2. The third kappa shape index (κ3) is 3.18. The molecule has 3 aromatic rings. The molecule has 1 aromatic carbocycles. The van der Waals surface area contributed by atoms with Crippen LogP contribution in [-0.2, 0) is 4.74 Å². The topological polar surface area (TPSA) is 80.5 Å². The number of aromatic nitrogens is 2. The van der Waals surface area contributed by atoms with E-state index in [0.717, 1.165) is 18.6 Å². The highest BCUT2D eigenvalue weighted by molar-refractivity contribution is 6.08. The molecule has 1 N–H and O–H groups in total. The van der Waals surface area contributed by atoms with Gasteiger partial charge in [0, 0.05) is 38.0 Å². The highest BCUT2D eigenvalue weighted by Crippen LogP contribution is 2.23. The second-order valence-corrected chi connectivity index (χ2v) is 5.84.